The lowest BCUT2D eigenvalue weighted by atomic mass is 9.79. The second-order valence-electron chi connectivity index (χ2n) is 8.10. The van der Waals surface area contributed by atoms with Crippen molar-refractivity contribution in [3.63, 3.8) is 0 Å². The molecule has 3 atom stereocenters. The lowest BCUT2D eigenvalue weighted by Gasteiger charge is -2.39. The molecular formula is C24H25N3O3. The van der Waals surface area contributed by atoms with Crippen LogP contribution >= 0.6 is 0 Å². The van der Waals surface area contributed by atoms with Crippen LogP contribution in [0.2, 0.25) is 0 Å². The number of rotatable bonds is 4. The van der Waals surface area contributed by atoms with Gasteiger partial charge in [0.05, 0.1) is 18.1 Å². The van der Waals surface area contributed by atoms with Gasteiger partial charge in [-0.1, -0.05) is 36.4 Å². The molecule has 30 heavy (non-hydrogen) atoms. The van der Waals surface area contributed by atoms with E-state index in [0.717, 1.165) is 41.5 Å². The van der Waals surface area contributed by atoms with Gasteiger partial charge in [0.2, 0.25) is 5.91 Å². The van der Waals surface area contributed by atoms with Crippen LogP contribution in [0.15, 0.2) is 54.7 Å². The summed E-state index contributed by atoms with van der Waals surface area (Å²) < 4.78 is 5.67. The predicted octanol–water partition coefficient (Wildman–Crippen LogP) is 3.37. The van der Waals surface area contributed by atoms with E-state index in [1.807, 2.05) is 48.7 Å². The van der Waals surface area contributed by atoms with Crippen LogP contribution in [0, 0.1) is 0 Å². The summed E-state index contributed by atoms with van der Waals surface area (Å²) in [6, 6.07) is 15.0. The fourth-order valence-corrected chi connectivity index (χ4v) is 4.81. The third-order valence-corrected chi connectivity index (χ3v) is 6.33. The first kappa shape index (κ1) is 18.9. The van der Waals surface area contributed by atoms with Gasteiger partial charge in [-0.2, -0.15) is 0 Å². The van der Waals surface area contributed by atoms with E-state index in [9.17, 15) is 9.59 Å². The SMILES string of the molecule is CN1C(=O)c2ccccc2[C@@H](C(=O)NC[C@@H]2CCCO2)[C@H]1c1c[nH]c2ccccc12. The molecule has 2 amide bonds. The molecule has 6 nitrogen and oxygen atoms in total. The van der Waals surface area contributed by atoms with Gasteiger partial charge in [0.25, 0.3) is 5.91 Å². The van der Waals surface area contributed by atoms with Gasteiger partial charge in [0, 0.05) is 48.4 Å². The van der Waals surface area contributed by atoms with Crippen molar-refractivity contribution in [3.05, 3.63) is 71.4 Å². The number of nitrogens with zero attached hydrogens (tertiary/aromatic N) is 1. The standard InChI is InChI=1S/C24H25N3O3/c1-27-22(19-14-25-20-11-5-4-8-16(19)20)21(17-9-2-3-10-18(17)24(27)29)23(28)26-13-15-7-6-12-30-15/h2-5,8-11,14-15,21-22,25H,6-7,12-13H2,1H3,(H,26,28)/t15-,21+,22+/m0/s1. The molecule has 3 heterocycles. The molecule has 1 saturated heterocycles. The molecule has 154 valence electrons. The summed E-state index contributed by atoms with van der Waals surface area (Å²) in [6.45, 7) is 1.25. The Hall–Kier alpha value is -3.12. The molecule has 0 aliphatic carbocycles. The zero-order valence-corrected chi connectivity index (χ0v) is 16.9. The maximum atomic E-state index is 13.5. The number of hydrogen-bond donors (Lipinski definition) is 2. The van der Waals surface area contributed by atoms with Crippen molar-refractivity contribution in [1.82, 2.24) is 15.2 Å². The Morgan fingerprint density at radius 3 is 2.80 bits per heavy atom. The highest BCUT2D eigenvalue weighted by Gasteiger charge is 2.43. The van der Waals surface area contributed by atoms with E-state index in [1.54, 1.807) is 18.0 Å². The van der Waals surface area contributed by atoms with Crippen LogP contribution in [-0.4, -0.2) is 48.0 Å². The van der Waals surface area contributed by atoms with E-state index in [0.29, 0.717) is 12.1 Å². The Labute approximate surface area is 175 Å². The van der Waals surface area contributed by atoms with Crippen molar-refractivity contribution in [2.45, 2.75) is 30.9 Å². The van der Waals surface area contributed by atoms with Crippen molar-refractivity contribution < 1.29 is 14.3 Å². The minimum atomic E-state index is -0.496. The lowest BCUT2D eigenvalue weighted by Crippen LogP contribution is -2.46. The summed E-state index contributed by atoms with van der Waals surface area (Å²) in [4.78, 5) is 31.6. The van der Waals surface area contributed by atoms with E-state index in [2.05, 4.69) is 10.3 Å². The number of likely N-dealkylation sites (N-methyl/N-ethyl adjacent to an activating group) is 1. The van der Waals surface area contributed by atoms with Crippen molar-refractivity contribution in [1.29, 1.82) is 0 Å². The largest absolute Gasteiger partial charge is 0.376 e. The molecule has 0 radical (unpaired) electrons. The minimum Gasteiger partial charge on any atom is -0.376 e. The highest BCUT2D eigenvalue weighted by molar-refractivity contribution is 6.02. The average Bonchev–Trinajstić information content (AvgIpc) is 3.44. The van der Waals surface area contributed by atoms with Crippen LogP contribution in [0.25, 0.3) is 10.9 Å². The Balaban J connectivity index is 1.57. The van der Waals surface area contributed by atoms with Crippen molar-refractivity contribution in [3.8, 4) is 0 Å². The van der Waals surface area contributed by atoms with Crippen LogP contribution < -0.4 is 5.32 Å². The van der Waals surface area contributed by atoms with Gasteiger partial charge in [-0.15, -0.1) is 0 Å². The molecule has 2 N–H and O–H groups in total. The first-order chi connectivity index (χ1) is 14.6. The van der Waals surface area contributed by atoms with Crippen molar-refractivity contribution >= 4 is 22.7 Å². The van der Waals surface area contributed by atoms with Crippen LogP contribution in [0.5, 0.6) is 0 Å². The quantitative estimate of drug-likeness (QED) is 0.701. The highest BCUT2D eigenvalue weighted by atomic mass is 16.5. The topological polar surface area (TPSA) is 74.4 Å². The van der Waals surface area contributed by atoms with Gasteiger partial charge >= 0.3 is 0 Å². The molecule has 1 fully saturated rings. The summed E-state index contributed by atoms with van der Waals surface area (Å²) in [5.74, 6) is -0.638. The molecule has 0 saturated carbocycles. The summed E-state index contributed by atoms with van der Waals surface area (Å²) in [5.41, 5.74) is 3.31. The summed E-state index contributed by atoms with van der Waals surface area (Å²) in [7, 11) is 1.78. The van der Waals surface area contributed by atoms with Gasteiger partial charge in [-0.05, 0) is 30.5 Å². The monoisotopic (exact) mass is 403 g/mol. The zero-order chi connectivity index (χ0) is 20.7. The van der Waals surface area contributed by atoms with Crippen LogP contribution in [0.4, 0.5) is 0 Å². The normalized spacial score (nSPS) is 23.6. The summed E-state index contributed by atoms with van der Waals surface area (Å²) in [5, 5.41) is 4.12. The molecule has 6 heteroatoms. The van der Waals surface area contributed by atoms with E-state index in [-0.39, 0.29) is 17.9 Å². The van der Waals surface area contributed by atoms with Crippen LogP contribution in [0.1, 0.15) is 46.3 Å². The van der Waals surface area contributed by atoms with E-state index in [1.165, 1.54) is 0 Å². The fraction of sp³-hybridized carbons (Fsp3) is 0.333. The van der Waals surface area contributed by atoms with Gasteiger partial charge in [-0.25, -0.2) is 0 Å². The van der Waals surface area contributed by atoms with E-state index in [4.69, 9.17) is 4.74 Å². The second kappa shape index (κ2) is 7.61. The zero-order valence-electron chi connectivity index (χ0n) is 16.9. The number of fused-ring (bicyclic) bond motifs is 2. The number of H-pyrrole nitrogens is 1. The van der Waals surface area contributed by atoms with Gasteiger partial charge in [0.1, 0.15) is 0 Å². The van der Waals surface area contributed by atoms with Gasteiger partial charge in [0.15, 0.2) is 0 Å². The Morgan fingerprint density at radius 2 is 1.97 bits per heavy atom. The first-order valence-corrected chi connectivity index (χ1v) is 10.5. The number of amides is 2. The molecule has 3 aromatic rings. The molecule has 2 aromatic carbocycles. The Bertz CT molecular complexity index is 1100. The second-order valence-corrected chi connectivity index (χ2v) is 8.10. The number of hydrogen-bond acceptors (Lipinski definition) is 3. The van der Waals surface area contributed by atoms with Crippen molar-refractivity contribution in [2.24, 2.45) is 0 Å². The summed E-state index contributed by atoms with van der Waals surface area (Å²) in [6.07, 6.45) is 3.99. The molecule has 2 aliphatic heterocycles. The van der Waals surface area contributed by atoms with Gasteiger partial charge < -0.3 is 19.9 Å². The smallest absolute Gasteiger partial charge is 0.254 e. The number of para-hydroxylation sites is 1. The third-order valence-electron chi connectivity index (χ3n) is 6.33. The number of nitrogens with one attached hydrogen (secondary N) is 2. The fourth-order valence-electron chi connectivity index (χ4n) is 4.81. The van der Waals surface area contributed by atoms with Gasteiger partial charge in [-0.3, -0.25) is 9.59 Å². The summed E-state index contributed by atoms with van der Waals surface area (Å²) >= 11 is 0. The molecular weight excluding hydrogens is 378 g/mol. The Kier molecular flexibility index (Phi) is 4.79. The molecule has 0 unspecified atom stereocenters. The van der Waals surface area contributed by atoms with Crippen molar-refractivity contribution in [2.75, 3.05) is 20.2 Å². The van der Waals surface area contributed by atoms with Crippen LogP contribution in [0.3, 0.4) is 0 Å². The average molecular weight is 403 g/mol. The molecule has 1 aromatic heterocycles. The predicted molar refractivity (Wildman–Crippen MR) is 114 cm³/mol. The number of aromatic amines is 1. The number of carbonyl (C=O) groups excluding carboxylic acids is 2. The number of aromatic nitrogens is 1. The number of benzene rings is 2. The number of carbonyl (C=O) groups is 2. The van der Waals surface area contributed by atoms with Crippen LogP contribution in [-0.2, 0) is 9.53 Å². The minimum absolute atomic E-state index is 0.0657. The van der Waals surface area contributed by atoms with E-state index >= 15 is 0 Å². The Morgan fingerprint density at radius 1 is 1.17 bits per heavy atom. The first-order valence-electron chi connectivity index (χ1n) is 10.5. The highest BCUT2D eigenvalue weighted by Crippen LogP contribution is 2.44. The molecule has 5 rings (SSSR count). The van der Waals surface area contributed by atoms with E-state index < -0.39 is 12.0 Å². The lowest BCUT2D eigenvalue weighted by molar-refractivity contribution is -0.124. The molecule has 0 bridgehead atoms. The number of ether oxygens (including phenoxy) is 1. The third kappa shape index (κ3) is 3.08. The maximum absolute atomic E-state index is 13.5. The maximum Gasteiger partial charge on any atom is 0.254 e. The molecule has 2 aliphatic rings. The molecule has 0 spiro atoms.